The van der Waals surface area contributed by atoms with Crippen molar-refractivity contribution >= 4 is 33.1 Å². The van der Waals surface area contributed by atoms with E-state index in [9.17, 15) is 4.79 Å². The van der Waals surface area contributed by atoms with Crippen molar-refractivity contribution in [2.45, 2.75) is 38.3 Å². The number of hydrogen-bond acceptors (Lipinski definition) is 4. The average molecular weight is 299 g/mol. The molecule has 4 rings (SSSR count). The molecule has 0 amide bonds. The fraction of sp³-hybridized carbons (Fsp3) is 0.412. The van der Waals surface area contributed by atoms with Gasteiger partial charge in [0.25, 0.3) is 0 Å². The summed E-state index contributed by atoms with van der Waals surface area (Å²) in [5.74, 6) is 0.106. The van der Waals surface area contributed by atoms with Gasteiger partial charge in [0, 0.05) is 10.6 Å². The third-order valence-corrected chi connectivity index (χ3v) is 5.51. The van der Waals surface area contributed by atoms with Gasteiger partial charge in [0.15, 0.2) is 0 Å². The second kappa shape index (κ2) is 5.26. The Bertz CT molecular complexity index is 679. The zero-order valence-electron chi connectivity index (χ0n) is 11.7. The van der Waals surface area contributed by atoms with E-state index >= 15 is 0 Å². The predicted molar refractivity (Wildman–Crippen MR) is 84.7 cm³/mol. The number of aliphatic imine (C=N–C) groups is 1. The molecule has 0 bridgehead atoms. The Morgan fingerprint density at radius 3 is 2.76 bits per heavy atom. The topological polar surface area (TPSA) is 38.7 Å². The van der Waals surface area contributed by atoms with Crippen LogP contribution < -0.4 is 0 Å². The normalized spacial score (nSPS) is 23.3. The Morgan fingerprint density at radius 2 is 1.95 bits per heavy atom. The number of thiophene rings is 1. The van der Waals surface area contributed by atoms with Crippen LogP contribution in [0.3, 0.4) is 0 Å². The number of nitrogens with zero attached hydrogens (tertiary/aromatic N) is 1. The van der Waals surface area contributed by atoms with Crippen LogP contribution in [-0.2, 0) is 9.53 Å². The number of esters is 1. The van der Waals surface area contributed by atoms with E-state index < -0.39 is 6.23 Å². The number of rotatable bonds is 2. The number of fused-ring (bicyclic) bond motifs is 1. The molecule has 1 aromatic heterocycles. The van der Waals surface area contributed by atoms with E-state index in [-0.39, 0.29) is 5.97 Å². The van der Waals surface area contributed by atoms with Crippen LogP contribution in [-0.4, -0.2) is 11.7 Å². The van der Waals surface area contributed by atoms with Gasteiger partial charge < -0.3 is 4.74 Å². The maximum absolute atomic E-state index is 12.1. The van der Waals surface area contributed by atoms with Gasteiger partial charge in [0.1, 0.15) is 5.71 Å². The van der Waals surface area contributed by atoms with Gasteiger partial charge in [-0.3, -0.25) is 0 Å². The molecule has 1 saturated carbocycles. The molecule has 0 saturated heterocycles. The highest BCUT2D eigenvalue weighted by Gasteiger charge is 2.34. The highest BCUT2D eigenvalue weighted by atomic mass is 32.1. The zero-order valence-corrected chi connectivity index (χ0v) is 12.6. The lowest BCUT2D eigenvalue weighted by atomic mass is 9.86. The minimum absolute atomic E-state index is 0.204. The third-order valence-electron chi connectivity index (χ3n) is 4.36. The van der Waals surface area contributed by atoms with Crippen molar-refractivity contribution in [2.75, 3.05) is 0 Å². The van der Waals surface area contributed by atoms with Crippen molar-refractivity contribution in [3.8, 4) is 0 Å². The van der Waals surface area contributed by atoms with Gasteiger partial charge in [-0.2, -0.15) is 0 Å². The van der Waals surface area contributed by atoms with Crippen LogP contribution in [0, 0.1) is 5.92 Å². The highest BCUT2D eigenvalue weighted by Crippen LogP contribution is 2.37. The van der Waals surface area contributed by atoms with Crippen molar-refractivity contribution in [1.82, 2.24) is 0 Å². The Balaban J connectivity index is 1.63. The number of cyclic esters (lactones) is 1. The largest absolute Gasteiger partial charge is 0.430 e. The monoisotopic (exact) mass is 299 g/mol. The molecule has 1 aromatic carbocycles. The van der Waals surface area contributed by atoms with Crippen molar-refractivity contribution in [3.63, 3.8) is 0 Å². The van der Waals surface area contributed by atoms with E-state index in [1.165, 1.54) is 29.3 Å². The SMILES string of the molecule is O=C1OC(c2cc3ccccc3s2)N=C1C1CCCCC1. The van der Waals surface area contributed by atoms with Gasteiger partial charge in [0.2, 0.25) is 6.23 Å². The highest BCUT2D eigenvalue weighted by molar-refractivity contribution is 7.19. The minimum atomic E-state index is -0.424. The van der Waals surface area contributed by atoms with Crippen LogP contribution in [0.15, 0.2) is 35.3 Å². The minimum Gasteiger partial charge on any atom is -0.430 e. The number of carbonyl (C=O) groups excluding carboxylic acids is 1. The predicted octanol–water partition coefficient (Wildman–Crippen LogP) is 4.48. The Kier molecular flexibility index (Phi) is 3.26. The molecule has 21 heavy (non-hydrogen) atoms. The maximum atomic E-state index is 12.1. The molecule has 1 fully saturated rings. The van der Waals surface area contributed by atoms with E-state index in [4.69, 9.17) is 4.74 Å². The summed E-state index contributed by atoms with van der Waals surface area (Å²) in [5, 5.41) is 1.19. The van der Waals surface area contributed by atoms with Crippen LogP contribution in [0.25, 0.3) is 10.1 Å². The summed E-state index contributed by atoms with van der Waals surface area (Å²) in [5.41, 5.74) is 0.678. The molecule has 2 aliphatic rings. The molecule has 0 spiro atoms. The van der Waals surface area contributed by atoms with Gasteiger partial charge in [-0.25, -0.2) is 9.79 Å². The lowest BCUT2D eigenvalue weighted by Crippen LogP contribution is -2.23. The number of ether oxygens (including phenoxy) is 1. The fourth-order valence-electron chi connectivity index (χ4n) is 3.26. The second-order valence-electron chi connectivity index (χ2n) is 5.79. The number of hydrogen-bond donors (Lipinski definition) is 0. The molecular weight excluding hydrogens is 282 g/mol. The quantitative estimate of drug-likeness (QED) is 0.767. The van der Waals surface area contributed by atoms with Crippen molar-refractivity contribution in [3.05, 3.63) is 35.2 Å². The molecule has 108 valence electrons. The first-order valence-corrected chi connectivity index (χ1v) is 8.40. The average Bonchev–Trinajstić information content (AvgIpc) is 3.11. The molecule has 1 atom stereocenters. The smallest absolute Gasteiger partial charge is 0.354 e. The second-order valence-corrected chi connectivity index (χ2v) is 6.91. The summed E-state index contributed by atoms with van der Waals surface area (Å²) in [4.78, 5) is 17.8. The van der Waals surface area contributed by atoms with E-state index in [1.807, 2.05) is 12.1 Å². The van der Waals surface area contributed by atoms with Crippen LogP contribution in [0.1, 0.15) is 43.2 Å². The van der Waals surface area contributed by atoms with Gasteiger partial charge in [-0.15, -0.1) is 11.3 Å². The lowest BCUT2D eigenvalue weighted by Gasteiger charge is -2.19. The van der Waals surface area contributed by atoms with Crippen molar-refractivity contribution < 1.29 is 9.53 Å². The fourth-order valence-corrected chi connectivity index (χ4v) is 4.29. The van der Waals surface area contributed by atoms with Gasteiger partial charge >= 0.3 is 5.97 Å². The first-order chi connectivity index (χ1) is 10.3. The summed E-state index contributed by atoms with van der Waals surface area (Å²) in [6.07, 6.45) is 5.40. The van der Waals surface area contributed by atoms with Crippen LogP contribution in [0.5, 0.6) is 0 Å². The molecular formula is C17H17NO2S. The molecule has 3 nitrogen and oxygen atoms in total. The first-order valence-electron chi connectivity index (χ1n) is 7.58. The maximum Gasteiger partial charge on any atom is 0.354 e. The molecule has 1 unspecified atom stereocenters. The van der Waals surface area contributed by atoms with E-state index in [0.717, 1.165) is 17.7 Å². The summed E-state index contributed by atoms with van der Waals surface area (Å²) in [6.45, 7) is 0. The number of benzene rings is 1. The Labute approximate surface area is 127 Å². The van der Waals surface area contributed by atoms with Gasteiger partial charge in [0.05, 0.1) is 4.88 Å². The molecule has 1 aliphatic heterocycles. The Hall–Kier alpha value is -1.68. The summed E-state index contributed by atoms with van der Waals surface area (Å²) in [7, 11) is 0. The molecule has 0 N–H and O–H groups in total. The van der Waals surface area contributed by atoms with Crippen LogP contribution in [0.4, 0.5) is 0 Å². The first kappa shape index (κ1) is 13.0. The zero-order chi connectivity index (χ0) is 14.2. The summed E-state index contributed by atoms with van der Waals surface area (Å²) in [6, 6.07) is 10.3. The van der Waals surface area contributed by atoms with Gasteiger partial charge in [-0.1, -0.05) is 37.5 Å². The molecule has 2 aromatic rings. The van der Waals surface area contributed by atoms with Crippen LogP contribution in [0.2, 0.25) is 0 Å². The lowest BCUT2D eigenvalue weighted by molar-refractivity contribution is -0.138. The van der Waals surface area contributed by atoms with Crippen molar-refractivity contribution in [2.24, 2.45) is 10.9 Å². The molecule has 0 radical (unpaired) electrons. The van der Waals surface area contributed by atoms with E-state index in [0.29, 0.717) is 11.6 Å². The standard InChI is InChI=1S/C17H17NO2S/c19-17-15(11-6-2-1-3-7-11)18-16(20-17)14-10-12-8-4-5-9-13(12)21-14/h4-5,8-11,16H,1-3,6-7H2. The van der Waals surface area contributed by atoms with Gasteiger partial charge in [-0.05, 0) is 30.4 Å². The molecule has 1 aliphatic carbocycles. The van der Waals surface area contributed by atoms with E-state index in [1.54, 1.807) is 11.3 Å². The summed E-state index contributed by atoms with van der Waals surface area (Å²) >= 11 is 1.66. The van der Waals surface area contributed by atoms with Crippen LogP contribution >= 0.6 is 11.3 Å². The van der Waals surface area contributed by atoms with E-state index in [2.05, 4.69) is 23.2 Å². The Morgan fingerprint density at radius 1 is 1.14 bits per heavy atom. The third kappa shape index (κ3) is 2.38. The molecule has 4 heteroatoms. The summed E-state index contributed by atoms with van der Waals surface area (Å²) < 4.78 is 6.72. The number of carbonyl (C=O) groups is 1. The van der Waals surface area contributed by atoms with Crippen molar-refractivity contribution in [1.29, 1.82) is 0 Å². The molecule has 2 heterocycles.